The van der Waals surface area contributed by atoms with Crippen LogP contribution in [-0.4, -0.2) is 14.7 Å². The van der Waals surface area contributed by atoms with Crippen molar-refractivity contribution in [2.75, 3.05) is 5.73 Å². The lowest BCUT2D eigenvalue weighted by molar-refractivity contribution is 0.282. The first-order valence-corrected chi connectivity index (χ1v) is 5.73. The Balaban J connectivity index is 2.27. The van der Waals surface area contributed by atoms with E-state index in [2.05, 4.69) is 4.98 Å². The summed E-state index contributed by atoms with van der Waals surface area (Å²) in [6.07, 6.45) is 0. The van der Waals surface area contributed by atoms with Gasteiger partial charge in [-0.1, -0.05) is 24.3 Å². The molecule has 0 atom stereocenters. The third-order valence-electron chi connectivity index (χ3n) is 2.94. The van der Waals surface area contributed by atoms with Crippen molar-refractivity contribution in [3.05, 3.63) is 54.1 Å². The molecule has 4 nitrogen and oxygen atoms in total. The largest absolute Gasteiger partial charge is 0.392 e. The molecule has 0 bridgehead atoms. The Kier molecular flexibility index (Phi) is 2.50. The highest BCUT2D eigenvalue weighted by Crippen LogP contribution is 2.23. The normalized spacial score (nSPS) is 10.9. The van der Waals surface area contributed by atoms with Gasteiger partial charge in [-0.15, -0.1) is 0 Å². The zero-order valence-corrected chi connectivity index (χ0v) is 9.74. The van der Waals surface area contributed by atoms with Gasteiger partial charge in [0.1, 0.15) is 0 Å². The van der Waals surface area contributed by atoms with Gasteiger partial charge in [-0.25, -0.2) is 4.98 Å². The number of hydrogen-bond donors (Lipinski definition) is 2. The predicted octanol–water partition coefficient (Wildman–Crippen LogP) is 2.10. The number of nitrogens with two attached hydrogens (primary N) is 1. The SMILES string of the molecule is Nc1nc2cc(CO)ccc2n1-c1ccccc1. The molecule has 2 aromatic carbocycles. The van der Waals surface area contributed by atoms with Crippen molar-refractivity contribution in [2.45, 2.75) is 6.61 Å². The maximum Gasteiger partial charge on any atom is 0.205 e. The van der Waals surface area contributed by atoms with E-state index in [0.717, 1.165) is 22.3 Å². The zero-order chi connectivity index (χ0) is 12.5. The number of para-hydroxylation sites is 1. The summed E-state index contributed by atoms with van der Waals surface area (Å²) < 4.78 is 1.90. The van der Waals surface area contributed by atoms with E-state index in [-0.39, 0.29) is 6.61 Å². The van der Waals surface area contributed by atoms with Crippen molar-refractivity contribution in [1.82, 2.24) is 9.55 Å². The molecule has 90 valence electrons. The number of rotatable bonds is 2. The number of anilines is 1. The number of nitrogens with zero attached hydrogens (tertiary/aromatic N) is 2. The van der Waals surface area contributed by atoms with Crippen LogP contribution < -0.4 is 5.73 Å². The molecule has 0 amide bonds. The van der Waals surface area contributed by atoms with Crippen LogP contribution in [-0.2, 0) is 6.61 Å². The molecular weight excluding hydrogens is 226 g/mol. The van der Waals surface area contributed by atoms with Gasteiger partial charge in [0, 0.05) is 5.69 Å². The van der Waals surface area contributed by atoms with Crippen molar-refractivity contribution in [2.24, 2.45) is 0 Å². The molecule has 0 fully saturated rings. The third-order valence-corrected chi connectivity index (χ3v) is 2.94. The smallest absolute Gasteiger partial charge is 0.205 e. The van der Waals surface area contributed by atoms with Crippen LogP contribution in [0.3, 0.4) is 0 Å². The summed E-state index contributed by atoms with van der Waals surface area (Å²) in [7, 11) is 0. The Morgan fingerprint density at radius 1 is 1.11 bits per heavy atom. The lowest BCUT2D eigenvalue weighted by Crippen LogP contribution is -2.00. The quantitative estimate of drug-likeness (QED) is 0.719. The molecule has 0 unspecified atom stereocenters. The predicted molar refractivity (Wildman–Crippen MR) is 71.4 cm³/mol. The summed E-state index contributed by atoms with van der Waals surface area (Å²) in [4.78, 5) is 4.33. The number of benzene rings is 2. The number of aliphatic hydroxyl groups excluding tert-OH is 1. The zero-order valence-electron chi connectivity index (χ0n) is 9.74. The van der Waals surface area contributed by atoms with Crippen LogP contribution in [0.4, 0.5) is 5.95 Å². The highest BCUT2D eigenvalue weighted by atomic mass is 16.3. The highest BCUT2D eigenvalue weighted by Gasteiger charge is 2.09. The molecule has 0 saturated heterocycles. The van der Waals surface area contributed by atoms with Crippen molar-refractivity contribution in [3.8, 4) is 5.69 Å². The van der Waals surface area contributed by atoms with Gasteiger partial charge in [-0.3, -0.25) is 4.57 Å². The minimum Gasteiger partial charge on any atom is -0.392 e. The van der Waals surface area contributed by atoms with Crippen LogP contribution in [0.15, 0.2) is 48.5 Å². The summed E-state index contributed by atoms with van der Waals surface area (Å²) in [5, 5.41) is 9.12. The van der Waals surface area contributed by atoms with Crippen molar-refractivity contribution >= 4 is 17.0 Å². The fourth-order valence-corrected chi connectivity index (χ4v) is 2.09. The average Bonchev–Trinajstić information content (AvgIpc) is 2.74. The van der Waals surface area contributed by atoms with Gasteiger partial charge in [0.2, 0.25) is 5.95 Å². The minimum atomic E-state index is 0.00798. The monoisotopic (exact) mass is 239 g/mol. The van der Waals surface area contributed by atoms with Crippen LogP contribution >= 0.6 is 0 Å². The fraction of sp³-hybridized carbons (Fsp3) is 0.0714. The Morgan fingerprint density at radius 3 is 2.61 bits per heavy atom. The topological polar surface area (TPSA) is 64.1 Å². The molecule has 0 aliphatic rings. The maximum absolute atomic E-state index is 9.12. The summed E-state index contributed by atoms with van der Waals surface area (Å²) >= 11 is 0. The number of hydrogen-bond acceptors (Lipinski definition) is 3. The molecule has 18 heavy (non-hydrogen) atoms. The second-order valence-electron chi connectivity index (χ2n) is 4.12. The van der Waals surface area contributed by atoms with E-state index < -0.39 is 0 Å². The van der Waals surface area contributed by atoms with E-state index >= 15 is 0 Å². The molecule has 1 aromatic heterocycles. The third kappa shape index (κ3) is 1.63. The molecule has 0 saturated carbocycles. The number of aromatic nitrogens is 2. The summed E-state index contributed by atoms with van der Waals surface area (Å²) in [6.45, 7) is 0.00798. The van der Waals surface area contributed by atoms with Crippen molar-refractivity contribution < 1.29 is 5.11 Å². The molecular formula is C14H13N3O. The fourth-order valence-electron chi connectivity index (χ4n) is 2.09. The molecule has 4 heteroatoms. The van der Waals surface area contributed by atoms with E-state index in [9.17, 15) is 0 Å². The first-order chi connectivity index (χ1) is 8.79. The van der Waals surface area contributed by atoms with Gasteiger partial charge >= 0.3 is 0 Å². The second-order valence-corrected chi connectivity index (χ2v) is 4.12. The second kappa shape index (κ2) is 4.16. The molecule has 3 N–H and O–H groups in total. The molecule has 3 rings (SSSR count). The van der Waals surface area contributed by atoms with Gasteiger partial charge in [0.15, 0.2) is 0 Å². The van der Waals surface area contributed by atoms with Crippen LogP contribution in [0, 0.1) is 0 Å². The summed E-state index contributed by atoms with van der Waals surface area (Å²) in [5.41, 5.74) is 9.52. The Hall–Kier alpha value is -2.33. The van der Waals surface area contributed by atoms with E-state index in [0.29, 0.717) is 5.95 Å². The Labute approximate surface area is 104 Å². The summed E-state index contributed by atoms with van der Waals surface area (Å²) in [6, 6.07) is 15.5. The molecule has 3 aromatic rings. The molecule has 0 aliphatic carbocycles. The average molecular weight is 239 g/mol. The Bertz CT molecular complexity index is 689. The van der Waals surface area contributed by atoms with Crippen LogP contribution in [0.5, 0.6) is 0 Å². The molecule has 0 aliphatic heterocycles. The first-order valence-electron chi connectivity index (χ1n) is 5.73. The number of imidazole rings is 1. The lowest BCUT2D eigenvalue weighted by Gasteiger charge is -2.06. The van der Waals surface area contributed by atoms with E-state index in [1.807, 2.05) is 53.1 Å². The van der Waals surface area contributed by atoms with Gasteiger partial charge < -0.3 is 10.8 Å². The maximum atomic E-state index is 9.12. The Morgan fingerprint density at radius 2 is 1.89 bits per heavy atom. The van der Waals surface area contributed by atoms with Crippen molar-refractivity contribution in [3.63, 3.8) is 0 Å². The standard InChI is InChI=1S/C14H13N3O/c15-14-16-12-8-10(9-18)6-7-13(12)17(14)11-4-2-1-3-5-11/h1-8,18H,9H2,(H2,15,16). The van der Waals surface area contributed by atoms with Gasteiger partial charge in [0.25, 0.3) is 0 Å². The van der Waals surface area contributed by atoms with Crippen LogP contribution in [0.1, 0.15) is 5.56 Å². The molecule has 1 heterocycles. The van der Waals surface area contributed by atoms with E-state index in [1.54, 1.807) is 0 Å². The van der Waals surface area contributed by atoms with E-state index in [4.69, 9.17) is 10.8 Å². The van der Waals surface area contributed by atoms with Crippen LogP contribution in [0.25, 0.3) is 16.7 Å². The number of nitrogen functional groups attached to an aromatic ring is 1. The van der Waals surface area contributed by atoms with Gasteiger partial charge in [0.05, 0.1) is 17.6 Å². The number of aliphatic hydroxyl groups is 1. The minimum absolute atomic E-state index is 0.00798. The van der Waals surface area contributed by atoms with Gasteiger partial charge in [-0.05, 0) is 29.8 Å². The first kappa shape index (κ1) is 10.8. The van der Waals surface area contributed by atoms with Gasteiger partial charge in [-0.2, -0.15) is 0 Å². The van der Waals surface area contributed by atoms with E-state index in [1.165, 1.54) is 0 Å². The summed E-state index contributed by atoms with van der Waals surface area (Å²) in [5.74, 6) is 0.450. The number of fused-ring (bicyclic) bond motifs is 1. The highest BCUT2D eigenvalue weighted by molar-refractivity contribution is 5.81. The molecule has 0 spiro atoms. The molecule has 0 radical (unpaired) electrons. The van der Waals surface area contributed by atoms with Crippen molar-refractivity contribution in [1.29, 1.82) is 0 Å². The van der Waals surface area contributed by atoms with Crippen LogP contribution in [0.2, 0.25) is 0 Å². The lowest BCUT2D eigenvalue weighted by atomic mass is 10.2.